The summed E-state index contributed by atoms with van der Waals surface area (Å²) in [4.78, 5) is 4.72. The molecule has 3 aromatic rings. The number of hydrogen-bond acceptors (Lipinski definition) is 4. The molecule has 2 aromatic heterocycles. The molecule has 0 aliphatic rings. The van der Waals surface area contributed by atoms with Gasteiger partial charge in [-0.05, 0) is 24.3 Å². The average Bonchev–Trinajstić information content (AvgIpc) is 2.91. The lowest BCUT2D eigenvalue weighted by molar-refractivity contribution is 0.572. The summed E-state index contributed by atoms with van der Waals surface area (Å²) < 4.78 is 26.7. The van der Waals surface area contributed by atoms with Gasteiger partial charge in [-0.3, -0.25) is 0 Å². The summed E-state index contributed by atoms with van der Waals surface area (Å²) in [5.41, 5.74) is 1.39. The van der Waals surface area contributed by atoms with Crippen molar-refractivity contribution in [2.24, 2.45) is 0 Å². The number of fused-ring (bicyclic) bond motifs is 1. The molecule has 0 aliphatic carbocycles. The second-order valence-electron chi connectivity index (χ2n) is 6.17. The SMILES string of the molecule is CC(C)(C)c1cn2nc(S(=O)(=O)c3ccccc3)ccc2n1. The first-order chi connectivity index (χ1) is 10.3. The van der Waals surface area contributed by atoms with E-state index in [1.165, 1.54) is 10.6 Å². The molecular formula is C16H17N3O2S. The molecule has 0 N–H and O–H groups in total. The number of nitrogens with zero attached hydrogens (tertiary/aromatic N) is 3. The van der Waals surface area contributed by atoms with E-state index < -0.39 is 9.84 Å². The monoisotopic (exact) mass is 315 g/mol. The Morgan fingerprint density at radius 1 is 1.00 bits per heavy atom. The molecule has 22 heavy (non-hydrogen) atoms. The minimum absolute atomic E-state index is 0.0176. The maximum atomic E-state index is 12.6. The van der Waals surface area contributed by atoms with Crippen molar-refractivity contribution >= 4 is 15.5 Å². The Balaban J connectivity index is 2.13. The van der Waals surface area contributed by atoms with Gasteiger partial charge in [0.25, 0.3) is 0 Å². The molecule has 3 rings (SSSR count). The number of sulfone groups is 1. The fraction of sp³-hybridized carbons (Fsp3) is 0.250. The summed E-state index contributed by atoms with van der Waals surface area (Å²) >= 11 is 0. The van der Waals surface area contributed by atoms with E-state index in [1.807, 2.05) is 0 Å². The third kappa shape index (κ3) is 2.50. The molecule has 0 atom stereocenters. The van der Waals surface area contributed by atoms with E-state index >= 15 is 0 Å². The van der Waals surface area contributed by atoms with Crippen molar-refractivity contribution in [2.75, 3.05) is 0 Å². The molecule has 0 saturated carbocycles. The normalized spacial score (nSPS) is 12.7. The number of rotatable bonds is 2. The molecule has 0 spiro atoms. The van der Waals surface area contributed by atoms with Crippen molar-refractivity contribution in [1.82, 2.24) is 14.6 Å². The van der Waals surface area contributed by atoms with Crippen LogP contribution in [0, 0.1) is 0 Å². The molecule has 0 amide bonds. The molecule has 0 fully saturated rings. The van der Waals surface area contributed by atoms with Gasteiger partial charge in [-0.15, -0.1) is 0 Å². The van der Waals surface area contributed by atoms with Crippen molar-refractivity contribution in [3.05, 3.63) is 54.4 Å². The highest BCUT2D eigenvalue weighted by atomic mass is 32.2. The molecule has 1 aromatic carbocycles. The fourth-order valence-electron chi connectivity index (χ4n) is 2.09. The Hall–Kier alpha value is -2.21. The average molecular weight is 315 g/mol. The summed E-state index contributed by atoms with van der Waals surface area (Å²) in [5, 5.41) is 4.24. The van der Waals surface area contributed by atoms with Crippen LogP contribution < -0.4 is 0 Å². The van der Waals surface area contributed by atoms with Crippen LogP contribution in [0.1, 0.15) is 26.5 Å². The third-order valence-corrected chi connectivity index (χ3v) is 5.05. The van der Waals surface area contributed by atoms with Crippen LogP contribution in [0.5, 0.6) is 0 Å². The van der Waals surface area contributed by atoms with E-state index in [0.29, 0.717) is 5.65 Å². The van der Waals surface area contributed by atoms with Gasteiger partial charge in [-0.2, -0.15) is 5.10 Å². The van der Waals surface area contributed by atoms with Gasteiger partial charge in [-0.1, -0.05) is 39.0 Å². The van der Waals surface area contributed by atoms with Crippen LogP contribution >= 0.6 is 0 Å². The van der Waals surface area contributed by atoms with Crippen LogP contribution in [0.4, 0.5) is 0 Å². The molecule has 2 heterocycles. The Labute approximate surface area is 129 Å². The topological polar surface area (TPSA) is 64.3 Å². The summed E-state index contributed by atoms with van der Waals surface area (Å²) in [7, 11) is -3.62. The van der Waals surface area contributed by atoms with E-state index in [9.17, 15) is 8.42 Å². The Kier molecular flexibility index (Phi) is 3.29. The maximum Gasteiger partial charge on any atom is 0.225 e. The predicted molar refractivity (Wildman–Crippen MR) is 83.6 cm³/mol. The van der Waals surface area contributed by atoms with Crippen LogP contribution in [-0.4, -0.2) is 23.0 Å². The van der Waals surface area contributed by atoms with Gasteiger partial charge in [-0.25, -0.2) is 17.9 Å². The number of benzene rings is 1. The van der Waals surface area contributed by atoms with Gasteiger partial charge >= 0.3 is 0 Å². The van der Waals surface area contributed by atoms with Gasteiger partial charge in [0.1, 0.15) is 0 Å². The van der Waals surface area contributed by atoms with E-state index in [1.54, 1.807) is 42.6 Å². The standard InChI is InChI=1S/C16H17N3O2S/c1-16(2,3)13-11-19-14(17-13)9-10-15(18-19)22(20,21)12-7-5-4-6-8-12/h4-11H,1-3H3. The zero-order chi connectivity index (χ0) is 16.0. The van der Waals surface area contributed by atoms with E-state index in [0.717, 1.165) is 5.69 Å². The van der Waals surface area contributed by atoms with Gasteiger partial charge in [0.05, 0.1) is 16.8 Å². The molecular weight excluding hydrogens is 298 g/mol. The Bertz CT molecular complexity index is 923. The number of aromatic nitrogens is 3. The molecule has 0 saturated heterocycles. The number of imidazole rings is 1. The highest BCUT2D eigenvalue weighted by Gasteiger charge is 2.22. The molecule has 0 radical (unpaired) electrons. The van der Waals surface area contributed by atoms with Crippen molar-refractivity contribution in [3.8, 4) is 0 Å². The first-order valence-electron chi connectivity index (χ1n) is 6.95. The molecule has 114 valence electrons. The molecule has 5 nitrogen and oxygen atoms in total. The van der Waals surface area contributed by atoms with Crippen LogP contribution in [0.15, 0.2) is 58.6 Å². The lowest BCUT2D eigenvalue weighted by Gasteiger charge is -2.13. The smallest absolute Gasteiger partial charge is 0.225 e. The first-order valence-corrected chi connectivity index (χ1v) is 8.44. The Morgan fingerprint density at radius 2 is 1.68 bits per heavy atom. The van der Waals surface area contributed by atoms with Gasteiger partial charge in [0.2, 0.25) is 9.84 Å². The maximum absolute atomic E-state index is 12.6. The van der Waals surface area contributed by atoms with Crippen LogP contribution in [0.2, 0.25) is 0 Å². The predicted octanol–water partition coefficient (Wildman–Crippen LogP) is 2.86. The quantitative estimate of drug-likeness (QED) is 0.729. The minimum atomic E-state index is -3.62. The largest absolute Gasteiger partial charge is 0.232 e. The highest BCUT2D eigenvalue weighted by Crippen LogP contribution is 2.23. The first kappa shape index (κ1) is 14.7. The second-order valence-corrected chi connectivity index (χ2v) is 8.06. The van der Waals surface area contributed by atoms with Crippen molar-refractivity contribution in [3.63, 3.8) is 0 Å². The summed E-state index contributed by atoms with van der Waals surface area (Å²) in [6, 6.07) is 11.5. The van der Waals surface area contributed by atoms with E-state index in [2.05, 4.69) is 30.9 Å². The lowest BCUT2D eigenvalue weighted by Crippen LogP contribution is -2.11. The summed E-state index contributed by atoms with van der Waals surface area (Å²) in [6.07, 6.45) is 1.78. The van der Waals surface area contributed by atoms with Crippen molar-refractivity contribution < 1.29 is 8.42 Å². The summed E-state index contributed by atoms with van der Waals surface area (Å²) in [5.74, 6) is 0. The lowest BCUT2D eigenvalue weighted by atomic mass is 9.93. The highest BCUT2D eigenvalue weighted by molar-refractivity contribution is 7.91. The van der Waals surface area contributed by atoms with Crippen molar-refractivity contribution in [1.29, 1.82) is 0 Å². The zero-order valence-electron chi connectivity index (χ0n) is 12.7. The van der Waals surface area contributed by atoms with Crippen LogP contribution in [0.3, 0.4) is 0 Å². The molecule has 0 bridgehead atoms. The van der Waals surface area contributed by atoms with E-state index in [4.69, 9.17) is 0 Å². The van der Waals surface area contributed by atoms with Crippen LogP contribution in [0.25, 0.3) is 5.65 Å². The Morgan fingerprint density at radius 3 is 2.32 bits per heavy atom. The zero-order valence-corrected chi connectivity index (χ0v) is 13.5. The van der Waals surface area contributed by atoms with Crippen LogP contribution in [-0.2, 0) is 15.3 Å². The second kappa shape index (κ2) is 4.91. The fourth-order valence-corrected chi connectivity index (χ4v) is 3.29. The minimum Gasteiger partial charge on any atom is -0.232 e. The van der Waals surface area contributed by atoms with E-state index in [-0.39, 0.29) is 15.3 Å². The van der Waals surface area contributed by atoms with Gasteiger partial charge in [0, 0.05) is 5.41 Å². The van der Waals surface area contributed by atoms with Gasteiger partial charge < -0.3 is 0 Å². The molecule has 0 aliphatic heterocycles. The molecule has 6 heteroatoms. The number of hydrogen-bond donors (Lipinski definition) is 0. The third-order valence-electron chi connectivity index (χ3n) is 3.39. The summed E-state index contributed by atoms with van der Waals surface area (Å²) in [6.45, 7) is 6.16. The van der Waals surface area contributed by atoms with Gasteiger partial charge in [0.15, 0.2) is 10.7 Å². The van der Waals surface area contributed by atoms with Crippen molar-refractivity contribution in [2.45, 2.75) is 36.1 Å². The molecule has 0 unspecified atom stereocenters.